The summed E-state index contributed by atoms with van der Waals surface area (Å²) in [6.45, 7) is 18.6. The Hall–Kier alpha value is -1.28. The second-order valence-electron chi connectivity index (χ2n) is 8.33. The first-order chi connectivity index (χ1) is 11.3. The normalized spacial score (nSPS) is 35.1. The highest BCUT2D eigenvalue weighted by Crippen LogP contribution is 2.37. The van der Waals surface area contributed by atoms with Gasteiger partial charge in [0.15, 0.2) is 0 Å². The lowest BCUT2D eigenvalue weighted by Gasteiger charge is -2.40. The molecule has 4 atom stereocenters. The molecule has 1 saturated heterocycles. The van der Waals surface area contributed by atoms with Gasteiger partial charge in [0.2, 0.25) is 0 Å². The van der Waals surface area contributed by atoms with E-state index >= 15 is 0 Å². The van der Waals surface area contributed by atoms with Crippen LogP contribution in [-0.2, 0) is 0 Å². The van der Waals surface area contributed by atoms with E-state index in [2.05, 4.69) is 76.5 Å². The van der Waals surface area contributed by atoms with E-state index in [0.717, 1.165) is 13.1 Å². The lowest BCUT2D eigenvalue weighted by Crippen LogP contribution is -2.46. The van der Waals surface area contributed by atoms with E-state index in [9.17, 15) is 0 Å². The van der Waals surface area contributed by atoms with Crippen molar-refractivity contribution in [2.45, 2.75) is 67.1 Å². The Labute approximate surface area is 148 Å². The molecule has 3 aliphatic rings. The van der Waals surface area contributed by atoms with Gasteiger partial charge in [-0.15, -0.1) is 0 Å². The molecule has 3 rings (SSSR count). The highest BCUT2D eigenvalue weighted by Gasteiger charge is 2.38. The lowest BCUT2D eigenvalue weighted by atomic mass is 9.86. The SMILES string of the molecule is CC1=CC(C)C(N2CCN(C3=C(C)CC(C)C=C3C)C2C)C(C)=C1. The zero-order valence-electron chi connectivity index (χ0n) is 16.6. The maximum Gasteiger partial charge on any atom is 0.0798 e. The summed E-state index contributed by atoms with van der Waals surface area (Å²) < 4.78 is 0. The molecule has 0 bridgehead atoms. The molecule has 2 nitrogen and oxygen atoms in total. The molecule has 0 amide bonds. The molecule has 1 aliphatic heterocycles. The Morgan fingerprint density at radius 1 is 0.958 bits per heavy atom. The third-order valence-corrected chi connectivity index (χ3v) is 6.06. The van der Waals surface area contributed by atoms with Crippen LogP contribution in [-0.4, -0.2) is 35.1 Å². The van der Waals surface area contributed by atoms with Gasteiger partial charge in [-0.05, 0) is 64.0 Å². The van der Waals surface area contributed by atoms with Gasteiger partial charge < -0.3 is 4.90 Å². The first-order valence-electron chi connectivity index (χ1n) is 9.57. The fraction of sp³-hybridized carbons (Fsp3) is 0.636. The minimum absolute atomic E-state index is 0.467. The van der Waals surface area contributed by atoms with Crippen molar-refractivity contribution < 1.29 is 0 Å². The minimum atomic E-state index is 0.467. The third kappa shape index (κ3) is 3.01. The molecule has 132 valence electrons. The zero-order chi connectivity index (χ0) is 17.6. The Balaban J connectivity index is 1.84. The van der Waals surface area contributed by atoms with Crippen molar-refractivity contribution in [3.8, 4) is 0 Å². The second-order valence-corrected chi connectivity index (χ2v) is 8.33. The largest absolute Gasteiger partial charge is 0.355 e. The molecular weight excluding hydrogens is 292 g/mol. The van der Waals surface area contributed by atoms with E-state index in [1.807, 2.05) is 0 Å². The van der Waals surface area contributed by atoms with Gasteiger partial charge in [-0.1, -0.05) is 43.2 Å². The van der Waals surface area contributed by atoms with Crippen LogP contribution in [0.15, 0.2) is 46.2 Å². The molecule has 0 aromatic heterocycles. The van der Waals surface area contributed by atoms with Gasteiger partial charge >= 0.3 is 0 Å². The Kier molecular flexibility index (Phi) is 4.79. The molecule has 0 saturated carbocycles. The molecule has 0 N–H and O–H groups in total. The topological polar surface area (TPSA) is 6.48 Å². The van der Waals surface area contributed by atoms with Crippen molar-refractivity contribution in [1.82, 2.24) is 9.80 Å². The Morgan fingerprint density at radius 3 is 2.29 bits per heavy atom. The summed E-state index contributed by atoms with van der Waals surface area (Å²) >= 11 is 0. The van der Waals surface area contributed by atoms with Crippen LogP contribution in [0.1, 0.15) is 54.9 Å². The van der Waals surface area contributed by atoms with Crippen molar-refractivity contribution in [1.29, 1.82) is 0 Å². The van der Waals surface area contributed by atoms with Crippen LogP contribution >= 0.6 is 0 Å². The van der Waals surface area contributed by atoms with Crippen LogP contribution < -0.4 is 0 Å². The number of nitrogens with zero attached hydrogens (tertiary/aromatic N) is 2. The molecule has 24 heavy (non-hydrogen) atoms. The summed E-state index contributed by atoms with van der Waals surface area (Å²) in [6.07, 6.45) is 8.94. The summed E-state index contributed by atoms with van der Waals surface area (Å²) in [5.41, 5.74) is 7.49. The molecule has 1 heterocycles. The van der Waals surface area contributed by atoms with Gasteiger partial charge in [0.25, 0.3) is 0 Å². The minimum Gasteiger partial charge on any atom is -0.355 e. The quantitative estimate of drug-likeness (QED) is 0.695. The lowest BCUT2D eigenvalue weighted by molar-refractivity contribution is 0.128. The number of rotatable bonds is 2. The van der Waals surface area contributed by atoms with Crippen molar-refractivity contribution in [3.63, 3.8) is 0 Å². The summed E-state index contributed by atoms with van der Waals surface area (Å²) in [4.78, 5) is 5.36. The summed E-state index contributed by atoms with van der Waals surface area (Å²) in [5, 5.41) is 0. The Bertz CT molecular complexity index is 634. The predicted octanol–water partition coefficient (Wildman–Crippen LogP) is 5.12. The number of allylic oxidation sites excluding steroid dienone is 5. The van der Waals surface area contributed by atoms with Gasteiger partial charge in [-0.25, -0.2) is 0 Å². The van der Waals surface area contributed by atoms with Crippen LogP contribution in [0.25, 0.3) is 0 Å². The van der Waals surface area contributed by atoms with Gasteiger partial charge in [-0.2, -0.15) is 0 Å². The average molecular weight is 327 g/mol. The van der Waals surface area contributed by atoms with Crippen LogP contribution in [0.4, 0.5) is 0 Å². The van der Waals surface area contributed by atoms with E-state index in [0.29, 0.717) is 24.0 Å². The molecular formula is C22H34N2. The van der Waals surface area contributed by atoms with Crippen molar-refractivity contribution in [2.24, 2.45) is 11.8 Å². The molecule has 0 aromatic rings. The maximum absolute atomic E-state index is 2.71. The molecule has 0 radical (unpaired) electrons. The fourth-order valence-corrected chi connectivity index (χ4v) is 5.38. The molecule has 4 unspecified atom stereocenters. The van der Waals surface area contributed by atoms with Crippen LogP contribution in [0.3, 0.4) is 0 Å². The monoisotopic (exact) mass is 326 g/mol. The smallest absolute Gasteiger partial charge is 0.0798 e. The molecule has 0 spiro atoms. The van der Waals surface area contributed by atoms with E-state index < -0.39 is 0 Å². The summed E-state index contributed by atoms with van der Waals surface area (Å²) in [7, 11) is 0. The molecule has 2 heteroatoms. The first-order valence-corrected chi connectivity index (χ1v) is 9.57. The number of hydrogen-bond acceptors (Lipinski definition) is 2. The van der Waals surface area contributed by atoms with Crippen molar-refractivity contribution in [3.05, 3.63) is 46.2 Å². The predicted molar refractivity (Wildman–Crippen MR) is 104 cm³/mol. The molecule has 2 aliphatic carbocycles. The maximum atomic E-state index is 2.71. The highest BCUT2D eigenvalue weighted by molar-refractivity contribution is 5.38. The fourth-order valence-electron chi connectivity index (χ4n) is 5.38. The number of hydrogen-bond donors (Lipinski definition) is 0. The van der Waals surface area contributed by atoms with Crippen LogP contribution in [0, 0.1) is 11.8 Å². The summed E-state index contributed by atoms with van der Waals surface area (Å²) in [5.74, 6) is 1.27. The van der Waals surface area contributed by atoms with E-state index in [-0.39, 0.29) is 0 Å². The van der Waals surface area contributed by atoms with Gasteiger partial charge in [0.05, 0.1) is 6.17 Å². The van der Waals surface area contributed by atoms with E-state index in [4.69, 9.17) is 0 Å². The summed E-state index contributed by atoms with van der Waals surface area (Å²) in [6, 6.07) is 0.543. The highest BCUT2D eigenvalue weighted by atomic mass is 15.4. The van der Waals surface area contributed by atoms with Gasteiger partial charge in [0.1, 0.15) is 0 Å². The van der Waals surface area contributed by atoms with Gasteiger partial charge in [0, 0.05) is 24.8 Å². The molecule has 0 aromatic carbocycles. The van der Waals surface area contributed by atoms with Gasteiger partial charge in [-0.3, -0.25) is 4.90 Å². The average Bonchev–Trinajstić information content (AvgIpc) is 2.79. The molecule has 1 fully saturated rings. The standard InChI is InChI=1S/C22H34N2/c1-14-10-16(3)21(17(4)11-14)23-8-9-24(20(23)7)22-18(5)12-15(2)13-19(22)6/h10-12,15-16,20-21H,8-9,13H2,1-7H3. The zero-order valence-corrected chi connectivity index (χ0v) is 16.6. The Morgan fingerprint density at radius 2 is 1.67 bits per heavy atom. The first kappa shape index (κ1) is 17.5. The van der Waals surface area contributed by atoms with Crippen LogP contribution in [0.5, 0.6) is 0 Å². The van der Waals surface area contributed by atoms with E-state index in [1.54, 1.807) is 5.57 Å². The van der Waals surface area contributed by atoms with Crippen molar-refractivity contribution >= 4 is 0 Å². The van der Waals surface area contributed by atoms with E-state index in [1.165, 1.54) is 28.8 Å². The third-order valence-electron chi connectivity index (χ3n) is 6.06. The van der Waals surface area contributed by atoms with Crippen LogP contribution in [0.2, 0.25) is 0 Å². The second kappa shape index (κ2) is 6.55. The van der Waals surface area contributed by atoms with Crippen molar-refractivity contribution in [2.75, 3.05) is 13.1 Å².